The van der Waals surface area contributed by atoms with E-state index in [4.69, 9.17) is 9.15 Å². The Hall–Kier alpha value is -2.67. The third-order valence-electron chi connectivity index (χ3n) is 3.60. The van der Waals surface area contributed by atoms with Crippen molar-refractivity contribution in [2.24, 2.45) is 10.2 Å². The van der Waals surface area contributed by atoms with Gasteiger partial charge in [0.05, 0.1) is 18.5 Å². The number of methoxy groups -OCH3 is 1. The van der Waals surface area contributed by atoms with Crippen molar-refractivity contribution in [3.05, 3.63) is 48.5 Å². The second-order valence-corrected chi connectivity index (χ2v) is 6.57. The van der Waals surface area contributed by atoms with Gasteiger partial charge in [-0.15, -0.1) is 10.2 Å². The van der Waals surface area contributed by atoms with Gasteiger partial charge in [-0.2, -0.15) is 10.2 Å². The van der Waals surface area contributed by atoms with E-state index in [9.17, 15) is 0 Å². The number of azo groups is 1. The first-order valence-corrected chi connectivity index (χ1v) is 9.39. The van der Waals surface area contributed by atoms with Gasteiger partial charge in [0.15, 0.2) is 0 Å². The molecule has 0 atom stereocenters. The highest BCUT2D eigenvalue weighted by atomic mass is 32.2. The molecule has 6 nitrogen and oxygen atoms in total. The fourth-order valence-corrected chi connectivity index (χ4v) is 2.97. The van der Waals surface area contributed by atoms with E-state index >= 15 is 0 Å². The summed E-state index contributed by atoms with van der Waals surface area (Å²) in [5, 5.41) is 17.2. The van der Waals surface area contributed by atoms with Crippen molar-refractivity contribution in [1.29, 1.82) is 0 Å². The normalized spacial score (nSPS) is 11.2. The topological polar surface area (TPSA) is 72.9 Å². The zero-order valence-corrected chi connectivity index (χ0v) is 15.6. The van der Waals surface area contributed by atoms with Crippen LogP contribution >= 0.6 is 11.8 Å². The van der Waals surface area contributed by atoms with Crippen molar-refractivity contribution >= 4 is 23.1 Å². The molecule has 1 aromatic heterocycles. The van der Waals surface area contributed by atoms with Crippen molar-refractivity contribution in [3.8, 4) is 17.2 Å². The summed E-state index contributed by atoms with van der Waals surface area (Å²) < 4.78 is 10.8. The number of hydrogen-bond acceptors (Lipinski definition) is 7. The largest absolute Gasteiger partial charge is 0.497 e. The molecule has 0 fully saturated rings. The lowest BCUT2D eigenvalue weighted by Crippen LogP contribution is -1.79. The van der Waals surface area contributed by atoms with Crippen molar-refractivity contribution in [3.63, 3.8) is 0 Å². The van der Waals surface area contributed by atoms with Crippen molar-refractivity contribution in [2.75, 3.05) is 12.9 Å². The van der Waals surface area contributed by atoms with Gasteiger partial charge < -0.3 is 9.15 Å². The van der Waals surface area contributed by atoms with Crippen LogP contribution in [-0.4, -0.2) is 23.1 Å². The van der Waals surface area contributed by atoms with Gasteiger partial charge in [-0.1, -0.05) is 25.1 Å². The van der Waals surface area contributed by atoms with Crippen LogP contribution in [0.1, 0.15) is 19.8 Å². The van der Waals surface area contributed by atoms with Gasteiger partial charge in [0.25, 0.3) is 5.22 Å². The van der Waals surface area contributed by atoms with Gasteiger partial charge in [0, 0.05) is 11.3 Å². The SMILES string of the molecule is CCCCSc1nnc(-c2ccc(N=Nc3ccc(OC)cc3)cc2)o1. The van der Waals surface area contributed by atoms with E-state index in [2.05, 4.69) is 27.3 Å². The first-order chi connectivity index (χ1) is 12.8. The summed E-state index contributed by atoms with van der Waals surface area (Å²) in [5.74, 6) is 2.30. The Labute approximate surface area is 156 Å². The maximum absolute atomic E-state index is 5.68. The minimum absolute atomic E-state index is 0.516. The Morgan fingerprint density at radius 1 is 0.962 bits per heavy atom. The number of nitrogens with zero attached hydrogens (tertiary/aromatic N) is 4. The number of aromatic nitrogens is 2. The average Bonchev–Trinajstić information content (AvgIpc) is 3.16. The summed E-state index contributed by atoms with van der Waals surface area (Å²) in [5.41, 5.74) is 2.38. The Morgan fingerprint density at radius 2 is 1.62 bits per heavy atom. The molecule has 1 heterocycles. The quantitative estimate of drug-likeness (QED) is 0.275. The van der Waals surface area contributed by atoms with E-state index in [0.29, 0.717) is 11.1 Å². The third-order valence-corrected chi connectivity index (χ3v) is 4.50. The van der Waals surface area contributed by atoms with Gasteiger partial charge >= 0.3 is 0 Å². The predicted octanol–water partition coefficient (Wildman–Crippen LogP) is 6.05. The zero-order valence-electron chi connectivity index (χ0n) is 14.8. The molecule has 0 unspecified atom stereocenters. The molecule has 3 aromatic rings. The molecule has 26 heavy (non-hydrogen) atoms. The molecule has 0 saturated heterocycles. The Kier molecular flexibility index (Phi) is 6.38. The molecule has 0 saturated carbocycles. The highest BCUT2D eigenvalue weighted by Gasteiger charge is 2.08. The number of unbranched alkanes of at least 4 members (excludes halogenated alkanes) is 1. The van der Waals surface area contributed by atoms with E-state index in [1.54, 1.807) is 18.9 Å². The van der Waals surface area contributed by atoms with Crippen LogP contribution in [0, 0.1) is 0 Å². The summed E-state index contributed by atoms with van der Waals surface area (Å²) in [7, 11) is 1.63. The molecule has 0 aliphatic carbocycles. The van der Waals surface area contributed by atoms with Crippen LogP contribution < -0.4 is 4.74 Å². The van der Waals surface area contributed by atoms with Crippen LogP contribution in [0.15, 0.2) is 68.4 Å². The van der Waals surface area contributed by atoms with E-state index in [0.717, 1.165) is 41.3 Å². The van der Waals surface area contributed by atoms with Crippen LogP contribution in [0.4, 0.5) is 11.4 Å². The van der Waals surface area contributed by atoms with Crippen LogP contribution in [0.3, 0.4) is 0 Å². The maximum atomic E-state index is 5.68. The van der Waals surface area contributed by atoms with E-state index in [1.807, 2.05) is 48.5 Å². The van der Waals surface area contributed by atoms with Crippen LogP contribution in [0.2, 0.25) is 0 Å². The maximum Gasteiger partial charge on any atom is 0.276 e. The minimum atomic E-state index is 0.516. The number of hydrogen-bond donors (Lipinski definition) is 0. The third kappa shape index (κ3) is 4.92. The second-order valence-electron chi connectivity index (χ2n) is 5.52. The molecular weight excluding hydrogens is 348 g/mol. The van der Waals surface area contributed by atoms with Crippen molar-refractivity contribution in [1.82, 2.24) is 10.2 Å². The number of ether oxygens (including phenoxy) is 1. The Morgan fingerprint density at radius 3 is 2.23 bits per heavy atom. The molecular formula is C19H20N4O2S. The van der Waals surface area contributed by atoms with E-state index < -0.39 is 0 Å². The summed E-state index contributed by atoms with van der Waals surface area (Å²) in [6, 6.07) is 15.0. The van der Waals surface area contributed by atoms with Crippen LogP contribution in [0.25, 0.3) is 11.5 Å². The highest BCUT2D eigenvalue weighted by Crippen LogP contribution is 2.26. The number of benzene rings is 2. The lowest BCUT2D eigenvalue weighted by molar-refractivity contribution is 0.415. The number of rotatable bonds is 8. The first kappa shape index (κ1) is 18.1. The van der Waals surface area contributed by atoms with Crippen LogP contribution in [0.5, 0.6) is 5.75 Å². The lowest BCUT2D eigenvalue weighted by Gasteiger charge is -1.99. The van der Waals surface area contributed by atoms with Gasteiger partial charge in [-0.05, 0) is 55.0 Å². The average molecular weight is 368 g/mol. The van der Waals surface area contributed by atoms with Gasteiger partial charge in [-0.3, -0.25) is 0 Å². The van der Waals surface area contributed by atoms with E-state index in [1.165, 1.54) is 0 Å². The molecule has 0 bridgehead atoms. The molecule has 0 spiro atoms. The van der Waals surface area contributed by atoms with Gasteiger partial charge in [0.2, 0.25) is 5.89 Å². The number of thioether (sulfide) groups is 1. The molecule has 134 valence electrons. The fraction of sp³-hybridized carbons (Fsp3) is 0.263. The Balaban J connectivity index is 1.63. The minimum Gasteiger partial charge on any atom is -0.497 e. The monoisotopic (exact) mass is 368 g/mol. The molecule has 0 amide bonds. The lowest BCUT2D eigenvalue weighted by atomic mass is 10.2. The van der Waals surface area contributed by atoms with Crippen molar-refractivity contribution in [2.45, 2.75) is 25.0 Å². The molecule has 7 heteroatoms. The molecule has 0 N–H and O–H groups in total. The predicted molar refractivity (Wildman–Crippen MR) is 103 cm³/mol. The summed E-state index contributed by atoms with van der Waals surface area (Å²) in [4.78, 5) is 0. The zero-order chi connectivity index (χ0) is 18.2. The van der Waals surface area contributed by atoms with Crippen LogP contribution in [-0.2, 0) is 0 Å². The van der Waals surface area contributed by atoms with Crippen molar-refractivity contribution < 1.29 is 9.15 Å². The summed E-state index contributed by atoms with van der Waals surface area (Å²) >= 11 is 1.59. The standard InChI is InChI=1S/C19H20N4O2S/c1-3-4-13-26-19-23-22-18(25-19)14-5-7-15(8-6-14)20-21-16-9-11-17(24-2)12-10-16/h5-12H,3-4,13H2,1-2H3. The fourth-order valence-electron chi connectivity index (χ4n) is 2.12. The molecule has 3 rings (SSSR count). The van der Waals surface area contributed by atoms with Gasteiger partial charge in [-0.25, -0.2) is 0 Å². The molecule has 2 aromatic carbocycles. The first-order valence-electron chi connectivity index (χ1n) is 8.41. The van der Waals surface area contributed by atoms with Gasteiger partial charge in [0.1, 0.15) is 5.75 Å². The molecule has 0 aliphatic rings. The second kappa shape index (κ2) is 9.15. The van der Waals surface area contributed by atoms with E-state index in [-0.39, 0.29) is 0 Å². The summed E-state index contributed by atoms with van der Waals surface area (Å²) in [6.45, 7) is 2.16. The smallest absolute Gasteiger partial charge is 0.276 e. The summed E-state index contributed by atoms with van der Waals surface area (Å²) in [6.07, 6.45) is 2.29. The highest BCUT2D eigenvalue weighted by molar-refractivity contribution is 7.99. The molecule has 0 aliphatic heterocycles. The molecule has 0 radical (unpaired) electrons. The Bertz CT molecular complexity index is 845.